The van der Waals surface area contributed by atoms with E-state index in [0.717, 1.165) is 22.4 Å². The van der Waals surface area contributed by atoms with E-state index < -0.39 is 5.67 Å². The highest BCUT2D eigenvalue weighted by molar-refractivity contribution is 5.83. The highest BCUT2D eigenvalue weighted by atomic mass is 19.1. The van der Waals surface area contributed by atoms with Gasteiger partial charge in [-0.2, -0.15) is 0 Å². The lowest BCUT2D eigenvalue weighted by Gasteiger charge is -2.15. The van der Waals surface area contributed by atoms with Crippen molar-refractivity contribution in [3.8, 4) is 0 Å². The van der Waals surface area contributed by atoms with Crippen molar-refractivity contribution < 1.29 is 4.39 Å². The SMILES string of the molecule is CC.CCCC(C)C.Cc1ccc2nc(C(C)(C)F)cc(C)c2c1. The number of aryl methyl sites for hydroxylation is 2. The molecule has 2 rings (SSSR count). The second kappa shape index (κ2) is 10.4. The van der Waals surface area contributed by atoms with Crippen molar-refractivity contribution in [1.82, 2.24) is 4.98 Å². The number of benzene rings is 1. The summed E-state index contributed by atoms with van der Waals surface area (Å²) in [7, 11) is 0. The maximum Gasteiger partial charge on any atom is 0.147 e. The van der Waals surface area contributed by atoms with Crippen LogP contribution in [-0.2, 0) is 5.67 Å². The van der Waals surface area contributed by atoms with Crippen LogP contribution in [0.5, 0.6) is 0 Å². The molecule has 0 atom stereocenters. The predicted octanol–water partition coefficient (Wildman–Crippen LogP) is 7.52. The molecule has 0 aliphatic rings. The molecule has 136 valence electrons. The summed E-state index contributed by atoms with van der Waals surface area (Å²) in [5, 5.41) is 1.10. The van der Waals surface area contributed by atoms with E-state index in [1.54, 1.807) is 0 Å². The molecule has 0 saturated heterocycles. The van der Waals surface area contributed by atoms with Gasteiger partial charge in [0.05, 0.1) is 11.2 Å². The Labute approximate surface area is 148 Å². The Kier molecular flexibility index (Phi) is 9.80. The minimum atomic E-state index is -1.39. The summed E-state index contributed by atoms with van der Waals surface area (Å²) >= 11 is 0. The van der Waals surface area contributed by atoms with E-state index in [1.807, 2.05) is 45.9 Å². The van der Waals surface area contributed by atoms with Crippen molar-refractivity contribution in [3.63, 3.8) is 0 Å². The largest absolute Gasteiger partial charge is 0.249 e. The molecule has 1 aromatic carbocycles. The number of rotatable bonds is 3. The Bertz CT molecular complexity index is 609. The van der Waals surface area contributed by atoms with Crippen molar-refractivity contribution in [2.45, 2.75) is 80.8 Å². The number of fused-ring (bicyclic) bond motifs is 1. The van der Waals surface area contributed by atoms with Gasteiger partial charge in [0.2, 0.25) is 0 Å². The summed E-state index contributed by atoms with van der Waals surface area (Å²) in [4.78, 5) is 4.37. The average molecular weight is 334 g/mol. The number of hydrogen-bond acceptors (Lipinski definition) is 1. The van der Waals surface area contributed by atoms with E-state index >= 15 is 0 Å². The van der Waals surface area contributed by atoms with Crippen LogP contribution in [0.1, 0.15) is 78.1 Å². The predicted molar refractivity (Wildman–Crippen MR) is 106 cm³/mol. The molecule has 0 fully saturated rings. The molecule has 0 aliphatic heterocycles. The average Bonchev–Trinajstić information content (AvgIpc) is 2.49. The zero-order chi connectivity index (χ0) is 18.9. The molecule has 0 bridgehead atoms. The summed E-state index contributed by atoms with van der Waals surface area (Å²) in [6.07, 6.45) is 2.71. The summed E-state index contributed by atoms with van der Waals surface area (Å²) in [5.74, 6) is 0.898. The molecule has 0 spiro atoms. The van der Waals surface area contributed by atoms with Crippen molar-refractivity contribution in [1.29, 1.82) is 0 Å². The monoisotopic (exact) mass is 333 g/mol. The van der Waals surface area contributed by atoms with Crippen LogP contribution in [0, 0.1) is 19.8 Å². The fourth-order valence-corrected chi connectivity index (χ4v) is 2.39. The molecule has 2 aromatic rings. The van der Waals surface area contributed by atoms with Crippen LogP contribution in [0.15, 0.2) is 24.3 Å². The number of halogens is 1. The quantitative estimate of drug-likeness (QED) is 0.566. The van der Waals surface area contributed by atoms with Crippen LogP contribution in [-0.4, -0.2) is 4.98 Å². The smallest absolute Gasteiger partial charge is 0.147 e. The van der Waals surface area contributed by atoms with E-state index in [0.29, 0.717) is 5.69 Å². The lowest BCUT2D eigenvalue weighted by Crippen LogP contribution is -2.12. The van der Waals surface area contributed by atoms with E-state index in [4.69, 9.17) is 0 Å². The van der Waals surface area contributed by atoms with Gasteiger partial charge in [-0.3, -0.25) is 0 Å². The van der Waals surface area contributed by atoms with E-state index in [1.165, 1.54) is 32.3 Å². The second-order valence-electron chi connectivity index (χ2n) is 7.00. The summed E-state index contributed by atoms with van der Waals surface area (Å²) in [6, 6.07) is 7.88. The van der Waals surface area contributed by atoms with Gasteiger partial charge in [-0.25, -0.2) is 9.37 Å². The molecule has 2 heteroatoms. The number of alkyl halides is 1. The number of pyridine rings is 1. The Hall–Kier alpha value is -1.44. The van der Waals surface area contributed by atoms with Gasteiger partial charge < -0.3 is 0 Å². The van der Waals surface area contributed by atoms with Crippen molar-refractivity contribution in [3.05, 3.63) is 41.1 Å². The highest BCUT2D eigenvalue weighted by Gasteiger charge is 2.21. The van der Waals surface area contributed by atoms with Gasteiger partial charge in [0.1, 0.15) is 5.67 Å². The van der Waals surface area contributed by atoms with Gasteiger partial charge in [0.15, 0.2) is 0 Å². The Morgan fingerprint density at radius 1 is 1.08 bits per heavy atom. The maximum atomic E-state index is 13.8. The van der Waals surface area contributed by atoms with E-state index in [-0.39, 0.29) is 0 Å². The van der Waals surface area contributed by atoms with Gasteiger partial charge in [-0.15, -0.1) is 0 Å². The molecular formula is C22H36FN. The van der Waals surface area contributed by atoms with Gasteiger partial charge in [0.25, 0.3) is 0 Å². The molecular weight excluding hydrogens is 297 g/mol. The number of nitrogens with zero attached hydrogens (tertiary/aromatic N) is 1. The van der Waals surface area contributed by atoms with Crippen LogP contribution in [0.3, 0.4) is 0 Å². The van der Waals surface area contributed by atoms with Gasteiger partial charge in [-0.05, 0) is 57.4 Å². The summed E-state index contributed by atoms with van der Waals surface area (Å²) in [5.41, 5.74) is 2.26. The highest BCUT2D eigenvalue weighted by Crippen LogP contribution is 2.27. The maximum absolute atomic E-state index is 13.8. The fraction of sp³-hybridized carbons (Fsp3) is 0.591. The molecule has 0 amide bonds. The van der Waals surface area contributed by atoms with Gasteiger partial charge >= 0.3 is 0 Å². The first kappa shape index (κ1) is 22.6. The zero-order valence-corrected chi connectivity index (χ0v) is 17.1. The lowest BCUT2D eigenvalue weighted by atomic mass is 10.0. The second-order valence-corrected chi connectivity index (χ2v) is 7.00. The first-order chi connectivity index (χ1) is 11.1. The van der Waals surface area contributed by atoms with Crippen molar-refractivity contribution in [2.24, 2.45) is 5.92 Å². The number of aromatic nitrogens is 1. The first-order valence-electron chi connectivity index (χ1n) is 9.22. The molecule has 1 heterocycles. The third-order valence-electron chi connectivity index (χ3n) is 3.65. The Morgan fingerprint density at radius 3 is 2.08 bits per heavy atom. The van der Waals surface area contributed by atoms with Crippen LogP contribution in [0.2, 0.25) is 0 Å². The molecule has 0 saturated carbocycles. The topological polar surface area (TPSA) is 12.9 Å². The van der Waals surface area contributed by atoms with Gasteiger partial charge in [0, 0.05) is 5.39 Å². The minimum Gasteiger partial charge on any atom is -0.249 e. The van der Waals surface area contributed by atoms with E-state index in [2.05, 4.69) is 31.8 Å². The summed E-state index contributed by atoms with van der Waals surface area (Å²) < 4.78 is 13.8. The molecule has 0 radical (unpaired) electrons. The first-order valence-corrected chi connectivity index (χ1v) is 9.22. The Balaban J connectivity index is 0.000000563. The van der Waals surface area contributed by atoms with E-state index in [9.17, 15) is 4.39 Å². The van der Waals surface area contributed by atoms with Crippen LogP contribution >= 0.6 is 0 Å². The third kappa shape index (κ3) is 7.42. The standard InChI is InChI=1S/C14H16FN.C6H14.C2H6/c1-9-5-6-12-11(7-9)10(2)8-13(16-12)14(3,4)15;1-4-5-6(2)3;1-2/h5-8H,1-4H3;6H,4-5H2,1-3H3;1-2H3. The molecule has 0 aliphatic carbocycles. The summed E-state index contributed by atoms with van der Waals surface area (Å²) in [6.45, 7) is 17.8. The lowest BCUT2D eigenvalue weighted by molar-refractivity contribution is 0.215. The van der Waals surface area contributed by atoms with Crippen LogP contribution in [0.4, 0.5) is 4.39 Å². The molecule has 0 unspecified atom stereocenters. The number of hydrogen-bond donors (Lipinski definition) is 0. The third-order valence-corrected chi connectivity index (χ3v) is 3.65. The Morgan fingerprint density at radius 2 is 1.67 bits per heavy atom. The minimum absolute atomic E-state index is 0.501. The molecule has 0 N–H and O–H groups in total. The van der Waals surface area contributed by atoms with Crippen LogP contribution < -0.4 is 0 Å². The van der Waals surface area contributed by atoms with Crippen molar-refractivity contribution in [2.75, 3.05) is 0 Å². The fourth-order valence-electron chi connectivity index (χ4n) is 2.39. The molecule has 24 heavy (non-hydrogen) atoms. The molecule has 1 nitrogen and oxygen atoms in total. The van der Waals surface area contributed by atoms with Crippen molar-refractivity contribution >= 4 is 10.9 Å². The normalized spacial score (nSPS) is 10.8. The van der Waals surface area contributed by atoms with Gasteiger partial charge in [-0.1, -0.05) is 59.1 Å². The van der Waals surface area contributed by atoms with Crippen LogP contribution in [0.25, 0.3) is 10.9 Å². The zero-order valence-electron chi connectivity index (χ0n) is 17.1. The molecule has 1 aromatic heterocycles.